The summed E-state index contributed by atoms with van der Waals surface area (Å²) >= 11 is 0. The second-order valence-corrected chi connectivity index (χ2v) is 7.38. The molecule has 4 rings (SSSR count). The Balaban J connectivity index is 1.90. The normalized spacial score (nSPS) is 15.7. The Morgan fingerprint density at radius 2 is 1.97 bits per heavy atom. The molecule has 152 valence electrons. The first-order valence-corrected chi connectivity index (χ1v) is 9.57. The van der Waals surface area contributed by atoms with Crippen molar-refractivity contribution in [3.05, 3.63) is 69.4 Å². The molecule has 8 heteroatoms. The zero-order chi connectivity index (χ0) is 20.6. The number of rotatable bonds is 3. The van der Waals surface area contributed by atoms with Crippen LogP contribution in [0.3, 0.4) is 0 Å². The van der Waals surface area contributed by atoms with Gasteiger partial charge in [0.05, 0.1) is 17.8 Å². The van der Waals surface area contributed by atoms with Gasteiger partial charge in [-0.15, -0.1) is 0 Å². The Bertz CT molecular complexity index is 1100. The molecule has 0 radical (unpaired) electrons. The minimum Gasteiger partial charge on any atom is -0.317 e. The number of hydrogen-bond donors (Lipinski definition) is 1. The molecular weight excluding hydrogens is 381 g/mol. The van der Waals surface area contributed by atoms with Crippen LogP contribution < -0.4 is 10.9 Å². The van der Waals surface area contributed by atoms with Gasteiger partial charge >= 0.3 is 6.18 Å². The molecule has 3 aromatic rings. The molecule has 4 heterocycles. The molecule has 1 saturated heterocycles. The minimum atomic E-state index is -4.54. The number of aryl methyl sites for hydroxylation is 1. The molecule has 1 aliphatic rings. The third kappa shape index (κ3) is 3.89. The van der Waals surface area contributed by atoms with Crippen molar-refractivity contribution in [2.75, 3.05) is 13.1 Å². The van der Waals surface area contributed by atoms with E-state index >= 15 is 0 Å². The average molecular weight is 402 g/mol. The van der Waals surface area contributed by atoms with E-state index in [1.165, 1.54) is 16.8 Å². The highest BCUT2D eigenvalue weighted by Crippen LogP contribution is 2.32. The van der Waals surface area contributed by atoms with Crippen molar-refractivity contribution >= 4 is 11.0 Å². The van der Waals surface area contributed by atoms with Gasteiger partial charge in [-0.25, -0.2) is 4.98 Å². The van der Waals surface area contributed by atoms with Gasteiger partial charge in [0.15, 0.2) is 0 Å². The van der Waals surface area contributed by atoms with Crippen LogP contribution in [0.2, 0.25) is 0 Å². The first kappa shape index (κ1) is 19.6. The summed E-state index contributed by atoms with van der Waals surface area (Å²) in [5.74, 6) is 0.0755. The fourth-order valence-electron chi connectivity index (χ4n) is 3.91. The second kappa shape index (κ2) is 7.59. The molecular formula is C21H21F3N4O. The number of nitrogens with one attached hydrogen (secondary N) is 1. The Morgan fingerprint density at radius 1 is 1.21 bits per heavy atom. The minimum absolute atomic E-state index is 0.0755. The van der Waals surface area contributed by atoms with E-state index in [1.54, 1.807) is 6.92 Å². The molecule has 1 N–H and O–H groups in total. The smallest absolute Gasteiger partial charge is 0.317 e. The fourth-order valence-corrected chi connectivity index (χ4v) is 3.91. The van der Waals surface area contributed by atoms with E-state index in [-0.39, 0.29) is 23.7 Å². The Kier molecular flexibility index (Phi) is 5.12. The summed E-state index contributed by atoms with van der Waals surface area (Å²) in [5.41, 5.74) is 0.397. The topological polar surface area (TPSA) is 59.8 Å². The zero-order valence-electron chi connectivity index (χ0n) is 16.0. The molecule has 0 atom stereocenters. The molecule has 0 saturated carbocycles. The monoisotopic (exact) mass is 402 g/mol. The van der Waals surface area contributed by atoms with E-state index in [0.29, 0.717) is 16.9 Å². The number of alkyl halides is 3. The third-order valence-corrected chi connectivity index (χ3v) is 5.39. The lowest BCUT2D eigenvalue weighted by atomic mass is 9.90. The number of nitrogens with zero attached hydrogens (tertiary/aromatic N) is 3. The van der Waals surface area contributed by atoms with Crippen LogP contribution in [0.4, 0.5) is 13.2 Å². The lowest BCUT2D eigenvalue weighted by Gasteiger charge is -2.24. The number of fused-ring (bicyclic) bond motifs is 1. The summed E-state index contributed by atoms with van der Waals surface area (Å²) in [6.07, 6.45) is -1.60. The molecule has 0 amide bonds. The zero-order valence-corrected chi connectivity index (χ0v) is 16.0. The summed E-state index contributed by atoms with van der Waals surface area (Å²) in [7, 11) is 0. The van der Waals surface area contributed by atoms with Crippen LogP contribution in [0.25, 0.3) is 11.0 Å². The van der Waals surface area contributed by atoms with Gasteiger partial charge in [0.1, 0.15) is 5.65 Å². The Hall–Kier alpha value is -2.74. The van der Waals surface area contributed by atoms with E-state index < -0.39 is 11.7 Å². The van der Waals surface area contributed by atoms with E-state index in [4.69, 9.17) is 0 Å². The first-order valence-electron chi connectivity index (χ1n) is 9.57. The fraction of sp³-hybridized carbons (Fsp3) is 0.381. The van der Waals surface area contributed by atoms with Gasteiger partial charge in [-0.1, -0.05) is 0 Å². The van der Waals surface area contributed by atoms with Crippen LogP contribution in [-0.4, -0.2) is 27.6 Å². The van der Waals surface area contributed by atoms with Gasteiger partial charge in [-0.05, 0) is 69.1 Å². The molecule has 1 aliphatic heterocycles. The van der Waals surface area contributed by atoms with Crippen LogP contribution >= 0.6 is 0 Å². The number of halogens is 3. The maximum Gasteiger partial charge on any atom is 0.418 e. The molecule has 0 aromatic carbocycles. The molecule has 0 aliphatic carbocycles. The second-order valence-electron chi connectivity index (χ2n) is 7.38. The average Bonchev–Trinajstić information content (AvgIpc) is 2.70. The van der Waals surface area contributed by atoms with Crippen LogP contribution in [0.5, 0.6) is 0 Å². The van der Waals surface area contributed by atoms with E-state index in [2.05, 4.69) is 15.3 Å². The van der Waals surface area contributed by atoms with Crippen molar-refractivity contribution < 1.29 is 13.2 Å². The highest BCUT2D eigenvalue weighted by atomic mass is 19.4. The first-order chi connectivity index (χ1) is 13.8. The summed E-state index contributed by atoms with van der Waals surface area (Å²) in [5, 5.41) is 4.01. The van der Waals surface area contributed by atoms with Crippen molar-refractivity contribution in [3.8, 4) is 0 Å². The molecule has 29 heavy (non-hydrogen) atoms. The van der Waals surface area contributed by atoms with Crippen molar-refractivity contribution in [1.29, 1.82) is 0 Å². The molecule has 0 unspecified atom stereocenters. The number of piperidine rings is 1. The van der Waals surface area contributed by atoms with E-state index in [9.17, 15) is 18.0 Å². The molecule has 1 fully saturated rings. The quantitative estimate of drug-likeness (QED) is 0.727. The van der Waals surface area contributed by atoms with Crippen LogP contribution in [0.15, 0.2) is 41.3 Å². The standard InChI is InChI=1S/C21H21F3N4O/c1-13-4-5-15-11-16(14-6-9-25-10-7-14)20(29)28(19(15)27-13)12-18-17(21(22,23)24)3-2-8-26-18/h2-5,8,11,14,25H,6-7,9-10,12H2,1H3. The predicted octanol–water partition coefficient (Wildman–Crippen LogP) is 3.63. The van der Waals surface area contributed by atoms with Crippen LogP contribution in [0, 0.1) is 6.92 Å². The Labute approximate surface area is 165 Å². The molecule has 3 aromatic heterocycles. The molecule has 5 nitrogen and oxygen atoms in total. The highest BCUT2D eigenvalue weighted by molar-refractivity contribution is 5.76. The van der Waals surface area contributed by atoms with Gasteiger partial charge < -0.3 is 5.32 Å². The van der Waals surface area contributed by atoms with Crippen LogP contribution in [-0.2, 0) is 12.7 Å². The van der Waals surface area contributed by atoms with Crippen molar-refractivity contribution in [1.82, 2.24) is 19.9 Å². The van der Waals surface area contributed by atoms with Gasteiger partial charge in [0, 0.05) is 22.8 Å². The molecule has 0 spiro atoms. The summed E-state index contributed by atoms with van der Waals surface area (Å²) in [4.78, 5) is 21.7. The predicted molar refractivity (Wildman–Crippen MR) is 104 cm³/mol. The number of pyridine rings is 3. The number of aromatic nitrogens is 3. The summed E-state index contributed by atoms with van der Waals surface area (Å²) < 4.78 is 41.7. The maximum absolute atomic E-state index is 13.4. The van der Waals surface area contributed by atoms with E-state index in [1.807, 2.05) is 18.2 Å². The third-order valence-electron chi connectivity index (χ3n) is 5.39. The van der Waals surface area contributed by atoms with Gasteiger partial charge in [0.25, 0.3) is 5.56 Å². The van der Waals surface area contributed by atoms with E-state index in [0.717, 1.165) is 37.4 Å². The number of hydrogen-bond acceptors (Lipinski definition) is 4. The Morgan fingerprint density at radius 3 is 2.69 bits per heavy atom. The highest BCUT2D eigenvalue weighted by Gasteiger charge is 2.34. The van der Waals surface area contributed by atoms with Gasteiger partial charge in [-0.2, -0.15) is 13.2 Å². The van der Waals surface area contributed by atoms with Gasteiger partial charge in [-0.3, -0.25) is 14.3 Å². The van der Waals surface area contributed by atoms with Crippen molar-refractivity contribution in [2.24, 2.45) is 0 Å². The lowest BCUT2D eigenvalue weighted by molar-refractivity contribution is -0.138. The molecule has 0 bridgehead atoms. The van der Waals surface area contributed by atoms with Crippen molar-refractivity contribution in [2.45, 2.75) is 38.4 Å². The summed E-state index contributed by atoms with van der Waals surface area (Å²) in [6, 6.07) is 7.79. The maximum atomic E-state index is 13.4. The summed E-state index contributed by atoms with van der Waals surface area (Å²) in [6.45, 7) is 3.14. The largest absolute Gasteiger partial charge is 0.418 e. The van der Waals surface area contributed by atoms with Gasteiger partial charge in [0.2, 0.25) is 0 Å². The SMILES string of the molecule is Cc1ccc2cc(C3CCNCC3)c(=O)n(Cc3ncccc3C(F)(F)F)c2n1. The van der Waals surface area contributed by atoms with Crippen molar-refractivity contribution in [3.63, 3.8) is 0 Å². The van der Waals surface area contributed by atoms with Crippen LogP contribution in [0.1, 0.15) is 41.3 Å². The lowest BCUT2D eigenvalue weighted by Crippen LogP contribution is -2.33.